The molecule has 0 aromatic heterocycles. The molecule has 3 saturated carbocycles. The van der Waals surface area contributed by atoms with Gasteiger partial charge in [-0.1, -0.05) is 12.1 Å². The largest absolute Gasteiger partial charge is 0.492 e. The van der Waals surface area contributed by atoms with Crippen molar-refractivity contribution in [2.75, 3.05) is 37.7 Å². The number of hydrogen-bond donors (Lipinski definition) is 1. The van der Waals surface area contributed by atoms with Crippen molar-refractivity contribution < 1.29 is 19.4 Å². The number of aliphatic carboxylic acids is 1. The van der Waals surface area contributed by atoms with Crippen LogP contribution in [0.3, 0.4) is 0 Å². The van der Waals surface area contributed by atoms with Gasteiger partial charge in [0.05, 0.1) is 24.1 Å². The summed E-state index contributed by atoms with van der Waals surface area (Å²) in [4.78, 5) is 29.3. The molecule has 5 rings (SSSR count). The summed E-state index contributed by atoms with van der Waals surface area (Å²) in [7, 11) is 0. The lowest BCUT2D eigenvalue weighted by Gasteiger charge is -2.48. The van der Waals surface area contributed by atoms with Crippen molar-refractivity contribution in [2.24, 2.45) is 23.7 Å². The summed E-state index contributed by atoms with van der Waals surface area (Å²) in [5.74, 6) is -0.230. The Morgan fingerprint density at radius 2 is 1.61 bits per heavy atom. The second-order valence-electron chi connectivity index (χ2n) is 8.28. The number of carbonyl (C=O) groups is 2. The third-order valence-electron chi connectivity index (χ3n) is 6.89. The Morgan fingerprint density at radius 1 is 1.00 bits per heavy atom. The van der Waals surface area contributed by atoms with Crippen LogP contribution >= 0.6 is 0 Å². The lowest BCUT2D eigenvalue weighted by atomic mass is 9.58. The molecular formula is C22H30N2O4. The van der Waals surface area contributed by atoms with Gasteiger partial charge in [-0.15, -0.1) is 0 Å². The summed E-state index contributed by atoms with van der Waals surface area (Å²) in [5, 5.41) is 9.76. The predicted octanol–water partition coefficient (Wildman–Crippen LogP) is 2.87. The van der Waals surface area contributed by atoms with Crippen LogP contribution in [0.4, 0.5) is 5.69 Å². The Bertz CT molecular complexity index is 721. The van der Waals surface area contributed by atoms with Crippen LogP contribution < -0.4 is 9.64 Å². The first-order valence-electron chi connectivity index (χ1n) is 10.6. The first kappa shape index (κ1) is 19.1. The van der Waals surface area contributed by atoms with E-state index in [1.54, 1.807) is 0 Å². The summed E-state index contributed by atoms with van der Waals surface area (Å²) >= 11 is 0. The number of piperazine rings is 1. The molecule has 1 N–H and O–H groups in total. The summed E-state index contributed by atoms with van der Waals surface area (Å²) in [6.07, 6.45) is 3.94. The Kier molecular flexibility index (Phi) is 5.47. The fourth-order valence-corrected chi connectivity index (χ4v) is 5.53. The fraction of sp³-hybridized carbons (Fsp3) is 0.636. The molecule has 1 heterocycles. The van der Waals surface area contributed by atoms with Gasteiger partial charge in [0.2, 0.25) is 5.91 Å². The van der Waals surface area contributed by atoms with Crippen molar-refractivity contribution >= 4 is 17.6 Å². The van der Waals surface area contributed by atoms with Crippen LogP contribution in [-0.2, 0) is 9.59 Å². The summed E-state index contributed by atoms with van der Waals surface area (Å²) in [6, 6.07) is 8.01. The van der Waals surface area contributed by atoms with Crippen LogP contribution in [0.5, 0.6) is 5.75 Å². The molecule has 6 nitrogen and oxygen atoms in total. The summed E-state index contributed by atoms with van der Waals surface area (Å²) in [5.41, 5.74) is 1.07. The zero-order chi connectivity index (χ0) is 19.7. The third kappa shape index (κ3) is 3.45. The Labute approximate surface area is 166 Å². The van der Waals surface area contributed by atoms with Gasteiger partial charge in [0, 0.05) is 26.2 Å². The van der Waals surface area contributed by atoms with Gasteiger partial charge >= 0.3 is 5.97 Å². The standard InChI is InChI=1S/C22H30N2O4/c1-2-28-18-6-4-3-5-17(18)23-11-13-24(14-12-23)21(25)19-15-7-9-16(10-8-15)20(19)22(26)27/h3-6,15-16,19-20H,2,7-14H2,1H3,(H,26,27)/t15?,16?,19-,20-/m1/s1. The van der Waals surface area contributed by atoms with E-state index in [2.05, 4.69) is 11.0 Å². The van der Waals surface area contributed by atoms with Crippen LogP contribution in [0, 0.1) is 23.7 Å². The topological polar surface area (TPSA) is 70.1 Å². The highest BCUT2D eigenvalue weighted by atomic mass is 16.5. The van der Waals surface area contributed by atoms with Gasteiger partial charge in [0.25, 0.3) is 0 Å². The van der Waals surface area contributed by atoms with Crippen molar-refractivity contribution in [1.29, 1.82) is 0 Å². The molecule has 1 amide bonds. The highest BCUT2D eigenvalue weighted by molar-refractivity contribution is 5.86. The Hall–Kier alpha value is -2.24. The molecule has 0 spiro atoms. The molecule has 6 heteroatoms. The minimum absolute atomic E-state index is 0.0690. The monoisotopic (exact) mass is 386 g/mol. The quantitative estimate of drug-likeness (QED) is 0.843. The SMILES string of the molecule is CCOc1ccccc1N1CCN(C(=O)[C@@H]2C3CCC(CC3)[C@H]2C(=O)O)CC1. The zero-order valence-corrected chi connectivity index (χ0v) is 16.5. The number of ether oxygens (including phenoxy) is 1. The van der Waals surface area contributed by atoms with Crippen LogP contribution in [-0.4, -0.2) is 54.7 Å². The summed E-state index contributed by atoms with van der Waals surface area (Å²) < 4.78 is 5.75. The molecule has 4 aliphatic rings. The van der Waals surface area contributed by atoms with E-state index < -0.39 is 11.9 Å². The fourth-order valence-electron chi connectivity index (χ4n) is 5.53. The number of rotatable bonds is 5. The minimum Gasteiger partial charge on any atom is -0.492 e. The molecule has 1 aliphatic heterocycles. The van der Waals surface area contributed by atoms with Crippen molar-refractivity contribution in [1.82, 2.24) is 4.90 Å². The highest BCUT2D eigenvalue weighted by Gasteiger charge is 2.51. The zero-order valence-electron chi connectivity index (χ0n) is 16.5. The normalized spacial score (nSPS) is 29.6. The molecule has 2 atom stereocenters. The highest BCUT2D eigenvalue weighted by Crippen LogP contribution is 2.49. The molecule has 1 saturated heterocycles. The van der Waals surface area contributed by atoms with E-state index in [4.69, 9.17) is 4.74 Å². The molecule has 1 aromatic rings. The van der Waals surface area contributed by atoms with Gasteiger partial charge in [0.1, 0.15) is 5.75 Å². The second-order valence-corrected chi connectivity index (χ2v) is 8.28. The summed E-state index contributed by atoms with van der Waals surface area (Å²) in [6.45, 7) is 5.36. The van der Waals surface area contributed by atoms with Gasteiger partial charge in [-0.05, 0) is 56.6 Å². The average Bonchev–Trinajstić information content (AvgIpc) is 2.74. The van der Waals surface area contributed by atoms with E-state index in [0.717, 1.165) is 50.2 Å². The van der Waals surface area contributed by atoms with E-state index in [0.29, 0.717) is 19.7 Å². The number of nitrogens with zero attached hydrogens (tertiary/aromatic N) is 2. The van der Waals surface area contributed by atoms with Crippen LogP contribution in [0.25, 0.3) is 0 Å². The minimum atomic E-state index is -0.781. The van der Waals surface area contributed by atoms with Crippen molar-refractivity contribution in [3.63, 3.8) is 0 Å². The van der Waals surface area contributed by atoms with E-state index in [1.165, 1.54) is 0 Å². The molecule has 4 fully saturated rings. The molecule has 1 aromatic carbocycles. The van der Waals surface area contributed by atoms with Crippen LogP contribution in [0.15, 0.2) is 24.3 Å². The van der Waals surface area contributed by atoms with E-state index in [1.807, 2.05) is 30.0 Å². The maximum Gasteiger partial charge on any atom is 0.307 e. The first-order valence-corrected chi connectivity index (χ1v) is 10.6. The Balaban J connectivity index is 1.44. The molecule has 0 unspecified atom stereocenters. The lowest BCUT2D eigenvalue weighted by Crippen LogP contribution is -2.56. The predicted molar refractivity (Wildman–Crippen MR) is 106 cm³/mol. The molecule has 3 aliphatic carbocycles. The number of carbonyl (C=O) groups excluding carboxylic acids is 1. The second kappa shape index (κ2) is 8.02. The number of para-hydroxylation sites is 2. The smallest absolute Gasteiger partial charge is 0.307 e. The number of hydrogen-bond acceptors (Lipinski definition) is 4. The maximum absolute atomic E-state index is 13.3. The number of carboxylic acid groups (broad SMARTS) is 1. The van der Waals surface area contributed by atoms with E-state index in [9.17, 15) is 14.7 Å². The van der Waals surface area contributed by atoms with Gasteiger partial charge in [-0.25, -0.2) is 0 Å². The molecule has 0 radical (unpaired) electrons. The molecule has 2 bridgehead atoms. The number of amides is 1. The van der Waals surface area contributed by atoms with E-state index in [-0.39, 0.29) is 23.7 Å². The van der Waals surface area contributed by atoms with Gasteiger partial charge < -0.3 is 19.6 Å². The van der Waals surface area contributed by atoms with E-state index >= 15 is 0 Å². The van der Waals surface area contributed by atoms with Crippen molar-refractivity contribution in [3.05, 3.63) is 24.3 Å². The van der Waals surface area contributed by atoms with Gasteiger partial charge in [-0.3, -0.25) is 9.59 Å². The van der Waals surface area contributed by atoms with Crippen LogP contribution in [0.1, 0.15) is 32.6 Å². The van der Waals surface area contributed by atoms with Crippen molar-refractivity contribution in [2.45, 2.75) is 32.6 Å². The average molecular weight is 386 g/mol. The number of anilines is 1. The molecular weight excluding hydrogens is 356 g/mol. The van der Waals surface area contributed by atoms with Crippen molar-refractivity contribution in [3.8, 4) is 5.75 Å². The third-order valence-corrected chi connectivity index (χ3v) is 6.89. The Morgan fingerprint density at radius 3 is 2.21 bits per heavy atom. The maximum atomic E-state index is 13.3. The number of benzene rings is 1. The molecule has 28 heavy (non-hydrogen) atoms. The molecule has 152 valence electrons. The number of fused-ring (bicyclic) bond motifs is 3. The van der Waals surface area contributed by atoms with Gasteiger partial charge in [-0.2, -0.15) is 0 Å². The number of carboxylic acids is 1. The first-order chi connectivity index (χ1) is 13.6. The lowest BCUT2D eigenvalue weighted by molar-refractivity contribution is -0.162. The van der Waals surface area contributed by atoms with Crippen LogP contribution in [0.2, 0.25) is 0 Å². The van der Waals surface area contributed by atoms with Gasteiger partial charge in [0.15, 0.2) is 0 Å².